The van der Waals surface area contributed by atoms with Crippen LogP contribution in [-0.2, 0) is 6.42 Å². The van der Waals surface area contributed by atoms with Crippen LogP contribution in [0.5, 0.6) is 5.75 Å². The summed E-state index contributed by atoms with van der Waals surface area (Å²) in [7, 11) is 0. The zero-order valence-corrected chi connectivity index (χ0v) is 11.3. The molecule has 0 amide bonds. The molecule has 1 aromatic carbocycles. The van der Waals surface area contributed by atoms with Gasteiger partial charge in [0.15, 0.2) is 0 Å². The molecular formula is C16H20N2O. The summed E-state index contributed by atoms with van der Waals surface area (Å²) in [4.78, 5) is 4.15. The van der Waals surface area contributed by atoms with Crippen molar-refractivity contribution in [1.29, 1.82) is 0 Å². The second-order valence-corrected chi connectivity index (χ2v) is 4.47. The van der Waals surface area contributed by atoms with Crippen LogP contribution in [0, 0.1) is 0 Å². The Morgan fingerprint density at radius 2 is 2.05 bits per heavy atom. The van der Waals surface area contributed by atoms with Crippen LogP contribution in [0.15, 0.2) is 48.8 Å². The van der Waals surface area contributed by atoms with Crippen molar-refractivity contribution >= 4 is 0 Å². The summed E-state index contributed by atoms with van der Waals surface area (Å²) in [5.41, 5.74) is 8.32. The third-order valence-electron chi connectivity index (χ3n) is 3.15. The summed E-state index contributed by atoms with van der Waals surface area (Å²) in [6.07, 6.45) is 4.56. The third-order valence-corrected chi connectivity index (χ3v) is 3.15. The molecule has 2 N–H and O–H groups in total. The van der Waals surface area contributed by atoms with Crippen LogP contribution < -0.4 is 10.5 Å². The van der Waals surface area contributed by atoms with Gasteiger partial charge in [-0.15, -0.1) is 0 Å². The fraction of sp³-hybridized carbons (Fsp3) is 0.312. The van der Waals surface area contributed by atoms with Crippen molar-refractivity contribution in [1.82, 2.24) is 4.98 Å². The largest absolute Gasteiger partial charge is 0.494 e. The maximum atomic E-state index is 5.94. The third kappa shape index (κ3) is 3.55. The summed E-state index contributed by atoms with van der Waals surface area (Å²) in [6, 6.07) is 12.2. The molecule has 0 aliphatic rings. The van der Waals surface area contributed by atoms with Gasteiger partial charge in [-0.1, -0.05) is 24.3 Å². The molecule has 3 heteroatoms. The Kier molecular flexibility index (Phi) is 4.93. The van der Waals surface area contributed by atoms with Crippen molar-refractivity contribution in [3.63, 3.8) is 0 Å². The molecule has 2 rings (SSSR count). The Bertz CT molecular complexity index is 499. The summed E-state index contributed by atoms with van der Waals surface area (Å²) >= 11 is 0. The number of hydrogen-bond donors (Lipinski definition) is 1. The van der Waals surface area contributed by atoms with Crippen LogP contribution in [0.2, 0.25) is 0 Å². The fourth-order valence-electron chi connectivity index (χ4n) is 2.23. The number of hydrogen-bond acceptors (Lipinski definition) is 3. The number of aromatic nitrogens is 1. The maximum Gasteiger partial charge on any atom is 0.122 e. The number of pyridine rings is 1. The van der Waals surface area contributed by atoms with E-state index in [0.29, 0.717) is 13.2 Å². The highest BCUT2D eigenvalue weighted by atomic mass is 16.5. The van der Waals surface area contributed by atoms with Gasteiger partial charge in [0.1, 0.15) is 5.75 Å². The summed E-state index contributed by atoms with van der Waals surface area (Å²) in [5, 5.41) is 0. The van der Waals surface area contributed by atoms with Gasteiger partial charge in [-0.2, -0.15) is 0 Å². The average molecular weight is 256 g/mol. The molecule has 0 aliphatic carbocycles. The van der Waals surface area contributed by atoms with Gasteiger partial charge in [-0.3, -0.25) is 4.98 Å². The van der Waals surface area contributed by atoms with Crippen LogP contribution in [0.4, 0.5) is 0 Å². The van der Waals surface area contributed by atoms with Gasteiger partial charge in [-0.05, 0) is 43.1 Å². The Morgan fingerprint density at radius 3 is 2.74 bits per heavy atom. The van der Waals surface area contributed by atoms with Crippen LogP contribution in [0.25, 0.3) is 0 Å². The minimum atomic E-state index is 0.256. The standard InChI is InChI=1S/C16H20N2O/c1-2-19-16-8-4-3-7-15(16)14(11-17)10-13-6-5-9-18-12-13/h3-9,12,14H,2,10-11,17H2,1H3. The minimum Gasteiger partial charge on any atom is -0.494 e. The normalized spacial score (nSPS) is 12.1. The van der Waals surface area contributed by atoms with E-state index in [0.717, 1.165) is 12.2 Å². The monoisotopic (exact) mass is 256 g/mol. The number of nitrogens with two attached hydrogens (primary N) is 1. The van der Waals surface area contributed by atoms with Crippen molar-refractivity contribution in [2.24, 2.45) is 5.73 Å². The summed E-state index contributed by atoms with van der Waals surface area (Å²) in [6.45, 7) is 3.26. The number of benzene rings is 1. The quantitative estimate of drug-likeness (QED) is 0.864. The van der Waals surface area contributed by atoms with Crippen LogP contribution in [0.1, 0.15) is 24.0 Å². The highest BCUT2D eigenvalue weighted by Gasteiger charge is 2.15. The van der Waals surface area contributed by atoms with Gasteiger partial charge in [-0.25, -0.2) is 0 Å². The first-order valence-electron chi connectivity index (χ1n) is 6.65. The number of para-hydroxylation sites is 1. The number of nitrogens with zero attached hydrogens (tertiary/aromatic N) is 1. The van der Waals surface area contributed by atoms with Gasteiger partial charge in [0, 0.05) is 18.3 Å². The SMILES string of the molecule is CCOc1ccccc1C(CN)Cc1cccnc1. The van der Waals surface area contributed by atoms with Crippen molar-refractivity contribution in [2.45, 2.75) is 19.3 Å². The van der Waals surface area contributed by atoms with Gasteiger partial charge in [0.25, 0.3) is 0 Å². The van der Waals surface area contributed by atoms with E-state index in [-0.39, 0.29) is 5.92 Å². The lowest BCUT2D eigenvalue weighted by molar-refractivity contribution is 0.334. The second kappa shape index (κ2) is 6.90. The first-order chi connectivity index (χ1) is 9.35. The van der Waals surface area contributed by atoms with E-state index in [1.807, 2.05) is 37.4 Å². The Labute approximate surface area is 114 Å². The lowest BCUT2D eigenvalue weighted by Gasteiger charge is -2.18. The smallest absolute Gasteiger partial charge is 0.122 e. The minimum absolute atomic E-state index is 0.256. The molecule has 0 spiro atoms. The van der Waals surface area contributed by atoms with E-state index in [1.165, 1.54) is 11.1 Å². The van der Waals surface area contributed by atoms with Crippen molar-refractivity contribution < 1.29 is 4.74 Å². The summed E-state index contributed by atoms with van der Waals surface area (Å²) < 4.78 is 5.69. The Morgan fingerprint density at radius 1 is 1.21 bits per heavy atom. The Balaban J connectivity index is 2.22. The highest BCUT2D eigenvalue weighted by Crippen LogP contribution is 2.28. The molecule has 100 valence electrons. The molecule has 0 radical (unpaired) electrons. The van der Waals surface area contributed by atoms with E-state index in [1.54, 1.807) is 6.20 Å². The van der Waals surface area contributed by atoms with Gasteiger partial charge in [0.05, 0.1) is 6.61 Å². The highest BCUT2D eigenvalue weighted by molar-refractivity contribution is 5.37. The van der Waals surface area contributed by atoms with Gasteiger partial charge in [0.2, 0.25) is 0 Å². The molecule has 0 saturated heterocycles. The van der Waals surface area contributed by atoms with Gasteiger partial charge < -0.3 is 10.5 Å². The van der Waals surface area contributed by atoms with E-state index >= 15 is 0 Å². The second-order valence-electron chi connectivity index (χ2n) is 4.47. The predicted octanol–water partition coefficient (Wildman–Crippen LogP) is 2.77. The molecule has 0 aliphatic heterocycles. The number of rotatable bonds is 6. The van der Waals surface area contributed by atoms with E-state index < -0.39 is 0 Å². The maximum absolute atomic E-state index is 5.94. The lowest BCUT2D eigenvalue weighted by atomic mass is 9.92. The summed E-state index contributed by atoms with van der Waals surface area (Å²) in [5.74, 6) is 1.19. The first-order valence-corrected chi connectivity index (χ1v) is 6.65. The Hall–Kier alpha value is -1.87. The zero-order chi connectivity index (χ0) is 13.5. The molecule has 2 aromatic rings. The molecule has 0 saturated carbocycles. The van der Waals surface area contributed by atoms with E-state index in [4.69, 9.17) is 10.5 Å². The van der Waals surface area contributed by atoms with Gasteiger partial charge >= 0.3 is 0 Å². The van der Waals surface area contributed by atoms with Crippen LogP contribution >= 0.6 is 0 Å². The molecule has 19 heavy (non-hydrogen) atoms. The molecular weight excluding hydrogens is 236 g/mol. The van der Waals surface area contributed by atoms with Crippen molar-refractivity contribution in [3.05, 3.63) is 59.9 Å². The molecule has 0 fully saturated rings. The molecule has 1 aromatic heterocycles. The first kappa shape index (κ1) is 13.6. The molecule has 1 unspecified atom stereocenters. The van der Waals surface area contributed by atoms with Crippen LogP contribution in [-0.4, -0.2) is 18.1 Å². The predicted molar refractivity (Wildman–Crippen MR) is 77.3 cm³/mol. The zero-order valence-electron chi connectivity index (χ0n) is 11.3. The fourth-order valence-corrected chi connectivity index (χ4v) is 2.23. The van der Waals surface area contributed by atoms with Crippen molar-refractivity contribution in [2.75, 3.05) is 13.2 Å². The molecule has 0 bridgehead atoms. The average Bonchev–Trinajstić information content (AvgIpc) is 2.47. The van der Waals surface area contributed by atoms with Crippen LogP contribution in [0.3, 0.4) is 0 Å². The van der Waals surface area contributed by atoms with E-state index in [9.17, 15) is 0 Å². The molecule has 1 heterocycles. The number of ether oxygens (including phenoxy) is 1. The molecule has 3 nitrogen and oxygen atoms in total. The topological polar surface area (TPSA) is 48.1 Å². The lowest BCUT2D eigenvalue weighted by Crippen LogP contribution is -2.16. The van der Waals surface area contributed by atoms with E-state index in [2.05, 4.69) is 17.1 Å². The van der Waals surface area contributed by atoms with Crippen molar-refractivity contribution in [3.8, 4) is 5.75 Å². The molecule has 1 atom stereocenters.